The molecule has 1 amide bonds. The van der Waals surface area contributed by atoms with Gasteiger partial charge in [-0.2, -0.15) is 0 Å². The lowest BCUT2D eigenvalue weighted by Gasteiger charge is -2.27. The summed E-state index contributed by atoms with van der Waals surface area (Å²) in [7, 11) is 0. The lowest BCUT2D eigenvalue weighted by Crippen LogP contribution is -2.44. The molecule has 1 fully saturated rings. The lowest BCUT2D eigenvalue weighted by atomic mass is 9.76. The van der Waals surface area contributed by atoms with Gasteiger partial charge in [0, 0.05) is 15.4 Å². The van der Waals surface area contributed by atoms with Crippen molar-refractivity contribution in [2.75, 3.05) is 0 Å². The van der Waals surface area contributed by atoms with Gasteiger partial charge in [-0.05, 0) is 40.3 Å². The molecule has 0 bridgehead atoms. The van der Waals surface area contributed by atoms with E-state index < -0.39 is 17.4 Å². The van der Waals surface area contributed by atoms with Crippen LogP contribution in [0.5, 0.6) is 0 Å². The third-order valence-electron chi connectivity index (χ3n) is 3.22. The number of halogens is 1. The van der Waals surface area contributed by atoms with Crippen molar-refractivity contribution < 1.29 is 14.7 Å². The summed E-state index contributed by atoms with van der Waals surface area (Å²) in [6.07, 6.45) is 0.213. The summed E-state index contributed by atoms with van der Waals surface area (Å²) in [5.41, 5.74) is 0.205. The fourth-order valence-corrected chi connectivity index (χ4v) is 2.60. The molecule has 1 aromatic rings. The van der Waals surface area contributed by atoms with E-state index in [4.69, 9.17) is 5.11 Å². The Bertz CT molecular complexity index is 471. The molecule has 90 valence electrons. The second kappa shape index (κ2) is 4.29. The molecule has 1 aromatic carbocycles. The Hall–Kier alpha value is -1.11. The molecule has 0 saturated carbocycles. The van der Waals surface area contributed by atoms with Gasteiger partial charge in [0.1, 0.15) is 6.04 Å². The van der Waals surface area contributed by atoms with Crippen molar-refractivity contribution in [2.24, 2.45) is 0 Å². The fourth-order valence-electron chi connectivity index (χ4n) is 2.24. The summed E-state index contributed by atoms with van der Waals surface area (Å²) >= 11 is 2.19. The smallest absolute Gasteiger partial charge is 0.327 e. The number of carbonyl (C=O) groups is 2. The van der Waals surface area contributed by atoms with Crippen LogP contribution < -0.4 is 5.32 Å². The molecule has 5 heteroatoms. The van der Waals surface area contributed by atoms with Crippen molar-refractivity contribution in [3.05, 3.63) is 33.4 Å². The van der Waals surface area contributed by atoms with Gasteiger partial charge < -0.3 is 10.4 Å². The Balaban J connectivity index is 2.43. The fraction of sp³-hybridized carbons (Fsp3) is 0.333. The molecule has 2 atom stereocenters. The van der Waals surface area contributed by atoms with Gasteiger partial charge >= 0.3 is 5.97 Å². The number of benzene rings is 1. The van der Waals surface area contributed by atoms with E-state index in [2.05, 4.69) is 27.9 Å². The van der Waals surface area contributed by atoms with Crippen molar-refractivity contribution in [2.45, 2.75) is 24.8 Å². The van der Waals surface area contributed by atoms with E-state index in [-0.39, 0.29) is 12.3 Å². The predicted octanol–water partition coefficient (Wildman–Crippen LogP) is 1.52. The number of nitrogens with one attached hydrogen (secondary N) is 1. The second-order valence-electron chi connectivity index (χ2n) is 4.44. The van der Waals surface area contributed by atoms with Crippen molar-refractivity contribution in [1.29, 1.82) is 0 Å². The first-order valence-corrected chi connectivity index (χ1v) is 6.29. The van der Waals surface area contributed by atoms with Gasteiger partial charge in [-0.3, -0.25) is 4.79 Å². The Labute approximate surface area is 113 Å². The number of rotatable bonds is 2. The summed E-state index contributed by atoms with van der Waals surface area (Å²) in [6.45, 7) is 1.81. The minimum Gasteiger partial charge on any atom is -0.480 e. The number of carboxylic acids is 1. The van der Waals surface area contributed by atoms with Gasteiger partial charge in [-0.1, -0.05) is 19.1 Å². The van der Waals surface area contributed by atoms with Crippen molar-refractivity contribution in [3.8, 4) is 0 Å². The number of carboxylic acid groups (broad SMARTS) is 1. The zero-order chi connectivity index (χ0) is 12.6. The Morgan fingerprint density at radius 1 is 1.47 bits per heavy atom. The minimum atomic E-state index is -0.989. The maximum Gasteiger partial charge on any atom is 0.327 e. The van der Waals surface area contributed by atoms with Crippen LogP contribution in [0.15, 0.2) is 24.3 Å². The molecular weight excluding hydrogens is 333 g/mol. The molecule has 0 aromatic heterocycles. The number of hydrogen-bond acceptors (Lipinski definition) is 2. The summed E-state index contributed by atoms with van der Waals surface area (Å²) in [4.78, 5) is 22.6. The predicted molar refractivity (Wildman–Crippen MR) is 70.7 cm³/mol. The first-order chi connectivity index (χ1) is 7.93. The van der Waals surface area contributed by atoms with Crippen LogP contribution in [-0.2, 0) is 15.0 Å². The Morgan fingerprint density at radius 2 is 2.06 bits per heavy atom. The number of hydrogen-bond donors (Lipinski definition) is 2. The van der Waals surface area contributed by atoms with Crippen LogP contribution in [-0.4, -0.2) is 23.0 Å². The van der Waals surface area contributed by atoms with Crippen molar-refractivity contribution >= 4 is 34.5 Å². The third kappa shape index (κ3) is 2.15. The van der Waals surface area contributed by atoms with E-state index in [0.29, 0.717) is 0 Å². The van der Waals surface area contributed by atoms with Crippen LogP contribution in [0.2, 0.25) is 0 Å². The van der Waals surface area contributed by atoms with E-state index in [1.807, 2.05) is 31.2 Å². The van der Waals surface area contributed by atoms with Gasteiger partial charge in [0.25, 0.3) is 0 Å². The van der Waals surface area contributed by atoms with Crippen LogP contribution in [0.25, 0.3) is 0 Å². The maximum atomic E-state index is 11.4. The highest BCUT2D eigenvalue weighted by molar-refractivity contribution is 14.1. The van der Waals surface area contributed by atoms with E-state index in [1.165, 1.54) is 0 Å². The summed E-state index contributed by atoms with van der Waals surface area (Å²) < 4.78 is 1.08. The largest absolute Gasteiger partial charge is 0.480 e. The van der Waals surface area contributed by atoms with Crippen LogP contribution in [0.3, 0.4) is 0 Å². The Morgan fingerprint density at radius 3 is 2.59 bits per heavy atom. The number of carbonyl (C=O) groups excluding carboxylic acids is 1. The molecule has 2 rings (SSSR count). The van der Waals surface area contributed by atoms with E-state index in [1.54, 1.807) is 0 Å². The van der Waals surface area contributed by atoms with Gasteiger partial charge in [-0.15, -0.1) is 0 Å². The third-order valence-corrected chi connectivity index (χ3v) is 3.94. The van der Waals surface area contributed by atoms with Gasteiger partial charge in [0.15, 0.2) is 0 Å². The molecule has 17 heavy (non-hydrogen) atoms. The average molecular weight is 345 g/mol. The SMILES string of the molecule is CC1(c2ccc(I)cc2)CC(=O)NC1C(=O)O. The lowest BCUT2D eigenvalue weighted by molar-refractivity contribution is -0.141. The number of aliphatic carboxylic acids is 1. The van der Waals surface area contributed by atoms with Gasteiger partial charge in [-0.25, -0.2) is 4.79 Å². The van der Waals surface area contributed by atoms with Gasteiger partial charge in [0.05, 0.1) is 0 Å². The molecule has 0 spiro atoms. The highest BCUT2D eigenvalue weighted by Gasteiger charge is 2.48. The highest BCUT2D eigenvalue weighted by atomic mass is 127. The van der Waals surface area contributed by atoms with Crippen LogP contribution >= 0.6 is 22.6 Å². The molecule has 0 aliphatic carbocycles. The molecule has 2 N–H and O–H groups in total. The maximum absolute atomic E-state index is 11.4. The zero-order valence-corrected chi connectivity index (χ0v) is 11.4. The van der Waals surface area contributed by atoms with E-state index in [0.717, 1.165) is 9.13 Å². The second-order valence-corrected chi connectivity index (χ2v) is 5.69. The monoisotopic (exact) mass is 345 g/mol. The molecule has 1 saturated heterocycles. The quantitative estimate of drug-likeness (QED) is 0.799. The molecule has 1 heterocycles. The van der Waals surface area contributed by atoms with Crippen LogP contribution in [0, 0.1) is 3.57 Å². The average Bonchev–Trinajstić information content (AvgIpc) is 2.56. The normalized spacial score (nSPS) is 27.9. The topological polar surface area (TPSA) is 66.4 Å². The molecule has 1 aliphatic rings. The van der Waals surface area contributed by atoms with Crippen LogP contribution in [0.4, 0.5) is 0 Å². The van der Waals surface area contributed by atoms with Gasteiger partial charge in [0.2, 0.25) is 5.91 Å². The highest BCUT2D eigenvalue weighted by Crippen LogP contribution is 2.36. The molecule has 0 radical (unpaired) electrons. The van der Waals surface area contributed by atoms with Crippen molar-refractivity contribution in [3.63, 3.8) is 0 Å². The van der Waals surface area contributed by atoms with E-state index in [9.17, 15) is 9.59 Å². The molecule has 2 unspecified atom stereocenters. The van der Waals surface area contributed by atoms with Crippen LogP contribution in [0.1, 0.15) is 18.9 Å². The minimum absolute atomic E-state index is 0.210. The van der Waals surface area contributed by atoms with E-state index >= 15 is 0 Å². The summed E-state index contributed by atoms with van der Waals surface area (Å²) in [6, 6.07) is 6.76. The molecular formula is C12H12INO3. The first kappa shape index (κ1) is 12.3. The summed E-state index contributed by atoms with van der Waals surface area (Å²) in [5.74, 6) is -1.20. The zero-order valence-electron chi connectivity index (χ0n) is 9.24. The number of amides is 1. The standard InChI is InChI=1S/C12H12INO3/c1-12(7-2-4-8(13)5-3-7)6-9(15)14-10(12)11(16)17/h2-5,10H,6H2,1H3,(H,14,15)(H,16,17). The molecule has 4 nitrogen and oxygen atoms in total. The molecule has 1 aliphatic heterocycles. The van der Waals surface area contributed by atoms with Crippen molar-refractivity contribution in [1.82, 2.24) is 5.32 Å². The summed E-state index contributed by atoms with van der Waals surface area (Å²) in [5, 5.41) is 11.7. The first-order valence-electron chi connectivity index (χ1n) is 5.22. The Kier molecular flexibility index (Phi) is 3.11.